The van der Waals surface area contributed by atoms with E-state index in [2.05, 4.69) is 14.8 Å². The third-order valence-electron chi connectivity index (χ3n) is 3.80. The molecular formula is C16H20N2O7S. The third kappa shape index (κ3) is 5.27. The van der Waals surface area contributed by atoms with E-state index in [1.807, 2.05) is 6.92 Å². The maximum Gasteiger partial charge on any atom is 0.347 e. The molecule has 9 nitrogen and oxygen atoms in total. The molecule has 1 fully saturated rings. The van der Waals surface area contributed by atoms with E-state index in [0.29, 0.717) is 0 Å². The topological polar surface area (TPSA) is 128 Å². The van der Waals surface area contributed by atoms with Crippen molar-refractivity contribution in [1.82, 2.24) is 10.0 Å². The fourth-order valence-electron chi connectivity index (χ4n) is 2.14. The molecule has 2 N–H and O–H groups in total. The Kier molecular flexibility index (Phi) is 6.32. The summed E-state index contributed by atoms with van der Waals surface area (Å²) < 4.78 is 36.0. The van der Waals surface area contributed by atoms with Gasteiger partial charge in [0.1, 0.15) is 6.54 Å². The maximum absolute atomic E-state index is 12.2. The molecule has 26 heavy (non-hydrogen) atoms. The van der Waals surface area contributed by atoms with Gasteiger partial charge in [-0.15, -0.1) is 0 Å². The lowest BCUT2D eigenvalue weighted by Crippen LogP contribution is -2.40. The zero-order valence-electron chi connectivity index (χ0n) is 14.4. The summed E-state index contributed by atoms with van der Waals surface area (Å²) in [5.74, 6) is -2.13. The number of sulfonamides is 1. The average molecular weight is 384 g/mol. The minimum atomic E-state index is -3.85. The monoisotopic (exact) mass is 384 g/mol. The number of aryl methyl sites for hydroxylation is 2. The van der Waals surface area contributed by atoms with Crippen LogP contribution in [0.25, 0.3) is 0 Å². The second-order valence-electron chi connectivity index (χ2n) is 5.78. The van der Waals surface area contributed by atoms with Crippen molar-refractivity contribution in [3.05, 3.63) is 29.3 Å². The van der Waals surface area contributed by atoms with Crippen LogP contribution in [0.2, 0.25) is 0 Å². The summed E-state index contributed by atoms with van der Waals surface area (Å²) in [6.45, 7) is 2.81. The van der Waals surface area contributed by atoms with Gasteiger partial charge in [0.25, 0.3) is 0 Å². The fourth-order valence-corrected chi connectivity index (χ4v) is 3.21. The van der Waals surface area contributed by atoms with Crippen LogP contribution in [-0.2, 0) is 33.9 Å². The van der Waals surface area contributed by atoms with Crippen LogP contribution in [0.15, 0.2) is 23.1 Å². The number of cyclic esters (lactones) is 1. The van der Waals surface area contributed by atoms with E-state index in [0.717, 1.165) is 11.1 Å². The Balaban J connectivity index is 1.79. The zero-order chi connectivity index (χ0) is 19.3. The molecule has 0 spiro atoms. The van der Waals surface area contributed by atoms with Crippen LogP contribution in [0, 0.1) is 13.8 Å². The van der Waals surface area contributed by atoms with Gasteiger partial charge in [-0.05, 0) is 37.1 Å². The van der Waals surface area contributed by atoms with E-state index in [1.165, 1.54) is 12.1 Å². The van der Waals surface area contributed by atoms with Gasteiger partial charge in [0.15, 0.2) is 0 Å². The predicted molar refractivity (Wildman–Crippen MR) is 89.6 cm³/mol. The summed E-state index contributed by atoms with van der Waals surface area (Å²) in [5, 5.41) is 2.22. The SMILES string of the molecule is Cc1ccc(S(=O)(=O)NCC(=O)NCC(=O)O[C@@H]2CCOC2=O)cc1C. The molecule has 1 amide bonds. The highest BCUT2D eigenvalue weighted by molar-refractivity contribution is 7.89. The highest BCUT2D eigenvalue weighted by atomic mass is 32.2. The number of esters is 2. The Morgan fingerprint density at radius 2 is 1.96 bits per heavy atom. The van der Waals surface area contributed by atoms with Crippen LogP contribution < -0.4 is 10.0 Å². The second-order valence-corrected chi connectivity index (χ2v) is 7.55. The molecule has 10 heteroatoms. The van der Waals surface area contributed by atoms with E-state index >= 15 is 0 Å². The van der Waals surface area contributed by atoms with Crippen molar-refractivity contribution in [1.29, 1.82) is 0 Å². The number of amides is 1. The Morgan fingerprint density at radius 3 is 2.58 bits per heavy atom. The van der Waals surface area contributed by atoms with Gasteiger partial charge in [0.05, 0.1) is 18.0 Å². The smallest absolute Gasteiger partial charge is 0.347 e. The largest absolute Gasteiger partial charge is 0.463 e. The van der Waals surface area contributed by atoms with Crippen LogP contribution in [0.5, 0.6) is 0 Å². The number of hydrogen-bond donors (Lipinski definition) is 2. The molecule has 1 saturated heterocycles. The van der Waals surface area contributed by atoms with Gasteiger partial charge in [0, 0.05) is 6.42 Å². The van der Waals surface area contributed by atoms with Crippen molar-refractivity contribution >= 4 is 27.9 Å². The van der Waals surface area contributed by atoms with Gasteiger partial charge in [-0.25, -0.2) is 17.9 Å². The molecule has 1 aliphatic rings. The van der Waals surface area contributed by atoms with E-state index in [1.54, 1.807) is 13.0 Å². The summed E-state index contributed by atoms with van der Waals surface area (Å²) >= 11 is 0. The van der Waals surface area contributed by atoms with Crippen molar-refractivity contribution in [3.63, 3.8) is 0 Å². The molecule has 0 unspecified atom stereocenters. The summed E-state index contributed by atoms with van der Waals surface area (Å²) in [5.41, 5.74) is 1.76. The van der Waals surface area contributed by atoms with Crippen molar-refractivity contribution in [2.45, 2.75) is 31.3 Å². The quantitative estimate of drug-likeness (QED) is 0.610. The zero-order valence-corrected chi connectivity index (χ0v) is 15.2. The van der Waals surface area contributed by atoms with Crippen LogP contribution in [0.4, 0.5) is 0 Å². The summed E-state index contributed by atoms with van der Waals surface area (Å²) in [4.78, 5) is 34.5. The predicted octanol–water partition coefficient (Wildman–Crippen LogP) is -0.443. The summed E-state index contributed by atoms with van der Waals surface area (Å²) in [6.07, 6.45) is -0.684. The van der Waals surface area contributed by atoms with Crippen LogP contribution in [-0.4, -0.2) is 52.1 Å². The van der Waals surface area contributed by atoms with Crippen molar-refractivity contribution < 1.29 is 32.3 Å². The summed E-state index contributed by atoms with van der Waals surface area (Å²) in [6, 6.07) is 4.63. The van der Waals surface area contributed by atoms with Crippen LogP contribution >= 0.6 is 0 Å². The van der Waals surface area contributed by atoms with E-state index in [9.17, 15) is 22.8 Å². The van der Waals surface area contributed by atoms with Gasteiger partial charge in [-0.3, -0.25) is 9.59 Å². The fraction of sp³-hybridized carbons (Fsp3) is 0.438. The maximum atomic E-state index is 12.2. The number of ether oxygens (including phenoxy) is 2. The highest BCUT2D eigenvalue weighted by Crippen LogP contribution is 2.14. The van der Waals surface area contributed by atoms with E-state index in [-0.39, 0.29) is 17.9 Å². The van der Waals surface area contributed by atoms with Gasteiger partial charge < -0.3 is 14.8 Å². The molecular weight excluding hydrogens is 364 g/mol. The Hall–Kier alpha value is -2.46. The molecule has 0 radical (unpaired) electrons. The molecule has 1 atom stereocenters. The number of carbonyl (C=O) groups is 3. The lowest BCUT2D eigenvalue weighted by Gasteiger charge is -2.10. The molecule has 0 bridgehead atoms. The Labute approximate surface area is 151 Å². The van der Waals surface area contributed by atoms with Gasteiger partial charge >= 0.3 is 11.9 Å². The average Bonchev–Trinajstić information content (AvgIpc) is 2.98. The van der Waals surface area contributed by atoms with E-state index in [4.69, 9.17) is 4.74 Å². The lowest BCUT2D eigenvalue weighted by molar-refractivity contribution is -0.159. The number of benzene rings is 1. The first kappa shape index (κ1) is 19.9. The normalized spacial score (nSPS) is 16.8. The third-order valence-corrected chi connectivity index (χ3v) is 5.20. The molecule has 1 aromatic carbocycles. The first-order chi connectivity index (χ1) is 12.2. The standard InChI is InChI=1S/C16H20N2O7S/c1-10-3-4-12(7-11(10)2)26(22,23)18-8-14(19)17-9-15(20)25-13-5-6-24-16(13)21/h3-4,7,13,18H,5-6,8-9H2,1-2H3,(H,17,19)/t13-/m1/s1. The number of carbonyl (C=O) groups excluding carboxylic acids is 3. The van der Waals surface area contributed by atoms with Crippen LogP contribution in [0.3, 0.4) is 0 Å². The van der Waals surface area contributed by atoms with Crippen molar-refractivity contribution in [2.75, 3.05) is 19.7 Å². The molecule has 2 rings (SSSR count). The summed E-state index contributed by atoms with van der Waals surface area (Å²) in [7, 11) is -3.85. The molecule has 0 saturated carbocycles. The first-order valence-corrected chi connectivity index (χ1v) is 9.37. The van der Waals surface area contributed by atoms with Gasteiger partial charge in [-0.2, -0.15) is 0 Å². The van der Waals surface area contributed by atoms with E-state index < -0.39 is 47.1 Å². The highest BCUT2D eigenvalue weighted by Gasteiger charge is 2.30. The molecule has 1 aromatic rings. The molecule has 1 heterocycles. The van der Waals surface area contributed by atoms with Gasteiger partial charge in [-0.1, -0.05) is 6.07 Å². The molecule has 1 aliphatic heterocycles. The molecule has 142 valence electrons. The van der Waals surface area contributed by atoms with Crippen molar-refractivity contribution in [2.24, 2.45) is 0 Å². The molecule has 0 aliphatic carbocycles. The number of hydrogen-bond acceptors (Lipinski definition) is 7. The molecule has 0 aromatic heterocycles. The first-order valence-electron chi connectivity index (χ1n) is 7.89. The van der Waals surface area contributed by atoms with Crippen molar-refractivity contribution in [3.8, 4) is 0 Å². The lowest BCUT2D eigenvalue weighted by atomic mass is 10.1. The number of rotatable bonds is 7. The van der Waals surface area contributed by atoms with Crippen LogP contribution in [0.1, 0.15) is 17.5 Å². The minimum Gasteiger partial charge on any atom is -0.463 e. The minimum absolute atomic E-state index is 0.0487. The Bertz CT molecular complexity index is 820. The second kappa shape index (κ2) is 8.28. The Morgan fingerprint density at radius 1 is 1.23 bits per heavy atom. The van der Waals surface area contributed by atoms with Gasteiger partial charge in [0.2, 0.25) is 22.0 Å². The number of nitrogens with one attached hydrogen (secondary N) is 2.